The summed E-state index contributed by atoms with van der Waals surface area (Å²) in [7, 11) is 0. The average molecular weight is 214 g/mol. The van der Waals surface area contributed by atoms with Gasteiger partial charge in [0.25, 0.3) is 0 Å². The van der Waals surface area contributed by atoms with E-state index in [-0.39, 0.29) is 5.54 Å². The summed E-state index contributed by atoms with van der Waals surface area (Å²) >= 11 is 1.82. The van der Waals surface area contributed by atoms with Crippen molar-refractivity contribution in [1.29, 1.82) is 0 Å². The minimum Gasteiger partial charge on any atom is -0.324 e. The average Bonchev–Trinajstić information content (AvgIpc) is 2.90. The van der Waals surface area contributed by atoms with Gasteiger partial charge in [0.05, 0.1) is 12.2 Å². The first-order valence-corrected chi connectivity index (χ1v) is 6.68. The Morgan fingerprint density at radius 3 is 2.79 bits per heavy atom. The van der Waals surface area contributed by atoms with Gasteiger partial charge in [-0.05, 0) is 25.5 Å². The minimum atomic E-state index is -0.119. The molecule has 0 aromatic carbocycles. The van der Waals surface area contributed by atoms with Gasteiger partial charge in [-0.2, -0.15) is 11.8 Å². The van der Waals surface area contributed by atoms with Crippen LogP contribution in [0.1, 0.15) is 26.2 Å². The van der Waals surface area contributed by atoms with Crippen LogP contribution in [0.4, 0.5) is 0 Å². The molecule has 3 nitrogen and oxygen atoms in total. The van der Waals surface area contributed by atoms with Crippen molar-refractivity contribution in [3.8, 4) is 0 Å². The Hall–Kier alpha value is -0.220. The molecule has 1 N–H and O–H groups in total. The molecule has 1 atom stereocenters. The first-order chi connectivity index (χ1) is 6.73. The van der Waals surface area contributed by atoms with E-state index in [2.05, 4.69) is 18.5 Å². The van der Waals surface area contributed by atoms with Crippen LogP contribution in [0.15, 0.2) is 0 Å². The number of carbonyl (C=O) groups excluding carboxylic acids is 1. The molecule has 0 aromatic heterocycles. The van der Waals surface area contributed by atoms with Crippen LogP contribution in [-0.2, 0) is 4.79 Å². The van der Waals surface area contributed by atoms with Gasteiger partial charge in [-0.3, -0.25) is 10.1 Å². The van der Waals surface area contributed by atoms with Crippen molar-refractivity contribution in [2.75, 3.05) is 18.7 Å². The van der Waals surface area contributed by atoms with E-state index >= 15 is 0 Å². The lowest BCUT2D eigenvalue weighted by Crippen LogP contribution is -2.40. The third-order valence-corrected chi connectivity index (χ3v) is 4.00. The number of thioether (sulfide) groups is 1. The van der Waals surface area contributed by atoms with Gasteiger partial charge < -0.3 is 4.90 Å². The van der Waals surface area contributed by atoms with Gasteiger partial charge in [0, 0.05) is 11.8 Å². The summed E-state index contributed by atoms with van der Waals surface area (Å²) in [5.74, 6) is 1.40. The quantitative estimate of drug-likeness (QED) is 0.759. The van der Waals surface area contributed by atoms with Gasteiger partial charge >= 0.3 is 0 Å². The monoisotopic (exact) mass is 214 g/mol. The minimum absolute atomic E-state index is 0.119. The Balaban J connectivity index is 2.00. The lowest BCUT2D eigenvalue weighted by atomic mass is 10.2. The van der Waals surface area contributed by atoms with E-state index < -0.39 is 0 Å². The topological polar surface area (TPSA) is 32.3 Å². The van der Waals surface area contributed by atoms with Crippen LogP contribution in [0.5, 0.6) is 0 Å². The Bertz CT molecular complexity index is 240. The van der Waals surface area contributed by atoms with Gasteiger partial charge in [0.2, 0.25) is 5.91 Å². The van der Waals surface area contributed by atoms with Crippen LogP contribution in [0.25, 0.3) is 0 Å². The predicted octanol–water partition coefficient (Wildman–Crippen LogP) is 1.05. The van der Waals surface area contributed by atoms with Crippen LogP contribution in [0.2, 0.25) is 0 Å². The maximum Gasteiger partial charge on any atom is 0.244 e. The zero-order valence-electron chi connectivity index (χ0n) is 8.88. The van der Waals surface area contributed by atoms with Crippen molar-refractivity contribution >= 4 is 17.7 Å². The number of rotatable bonds is 4. The van der Waals surface area contributed by atoms with Gasteiger partial charge in [0.15, 0.2) is 0 Å². The lowest BCUT2D eigenvalue weighted by Gasteiger charge is -2.25. The van der Waals surface area contributed by atoms with Crippen LogP contribution >= 0.6 is 11.8 Å². The Labute approximate surface area is 89.6 Å². The molecule has 1 aliphatic carbocycles. The normalized spacial score (nSPS) is 25.9. The zero-order valence-corrected chi connectivity index (χ0v) is 9.69. The highest BCUT2D eigenvalue weighted by Gasteiger charge is 2.56. The molecule has 1 spiro atoms. The predicted molar refractivity (Wildman–Crippen MR) is 59.3 cm³/mol. The zero-order chi connectivity index (χ0) is 10.2. The fraction of sp³-hybridized carbons (Fsp3) is 0.900. The highest BCUT2D eigenvalue weighted by atomic mass is 32.2. The summed E-state index contributed by atoms with van der Waals surface area (Å²) in [5.41, 5.74) is -0.119. The fourth-order valence-electron chi connectivity index (χ4n) is 2.09. The number of amides is 1. The van der Waals surface area contributed by atoms with Crippen molar-refractivity contribution in [1.82, 2.24) is 10.2 Å². The summed E-state index contributed by atoms with van der Waals surface area (Å²) < 4.78 is 0. The molecule has 1 saturated carbocycles. The SMILES string of the molecule is CCC(CSC)N1CNC2(CC2)C1=O. The second kappa shape index (κ2) is 3.74. The van der Waals surface area contributed by atoms with Gasteiger partial charge in [-0.1, -0.05) is 6.92 Å². The molecule has 14 heavy (non-hydrogen) atoms. The van der Waals surface area contributed by atoms with Crippen molar-refractivity contribution in [2.45, 2.75) is 37.8 Å². The van der Waals surface area contributed by atoms with Crippen molar-refractivity contribution in [3.63, 3.8) is 0 Å². The smallest absolute Gasteiger partial charge is 0.244 e. The second-order valence-electron chi connectivity index (χ2n) is 4.21. The number of hydrogen-bond donors (Lipinski definition) is 1. The maximum atomic E-state index is 12.0. The molecule has 1 aliphatic heterocycles. The fourth-order valence-corrected chi connectivity index (χ4v) is 2.89. The molecule has 2 fully saturated rings. The summed E-state index contributed by atoms with van der Waals surface area (Å²) in [6, 6.07) is 0.421. The molecule has 1 heterocycles. The maximum absolute atomic E-state index is 12.0. The standard InChI is InChI=1S/C10H18N2OS/c1-3-8(6-14-2)12-7-11-10(4-5-10)9(12)13/h8,11H,3-7H2,1-2H3. The van der Waals surface area contributed by atoms with E-state index in [0.29, 0.717) is 11.9 Å². The summed E-state index contributed by atoms with van der Waals surface area (Å²) in [6.07, 6.45) is 5.24. The molecule has 0 aromatic rings. The molecule has 1 amide bonds. The molecule has 80 valence electrons. The van der Waals surface area contributed by atoms with Crippen molar-refractivity contribution < 1.29 is 4.79 Å². The molecule has 1 saturated heterocycles. The highest BCUT2D eigenvalue weighted by molar-refractivity contribution is 7.98. The lowest BCUT2D eigenvalue weighted by molar-refractivity contribution is -0.131. The Kier molecular flexibility index (Phi) is 2.75. The number of carbonyl (C=O) groups is 1. The first-order valence-electron chi connectivity index (χ1n) is 5.28. The van der Waals surface area contributed by atoms with E-state index in [1.54, 1.807) is 0 Å². The largest absolute Gasteiger partial charge is 0.324 e. The Morgan fingerprint density at radius 2 is 2.36 bits per heavy atom. The molecule has 0 bridgehead atoms. The van der Waals surface area contributed by atoms with E-state index in [1.165, 1.54) is 0 Å². The summed E-state index contributed by atoms with van der Waals surface area (Å²) in [6.45, 7) is 2.92. The molecular weight excluding hydrogens is 196 g/mol. The van der Waals surface area contributed by atoms with Crippen molar-refractivity contribution in [3.05, 3.63) is 0 Å². The number of hydrogen-bond acceptors (Lipinski definition) is 3. The first kappa shape index (κ1) is 10.3. The summed E-state index contributed by atoms with van der Waals surface area (Å²) in [4.78, 5) is 14.1. The van der Waals surface area contributed by atoms with Gasteiger partial charge in [0.1, 0.15) is 0 Å². The Morgan fingerprint density at radius 1 is 1.64 bits per heavy atom. The van der Waals surface area contributed by atoms with Gasteiger partial charge in [-0.25, -0.2) is 0 Å². The highest BCUT2D eigenvalue weighted by Crippen LogP contribution is 2.41. The molecular formula is C10H18N2OS. The molecule has 4 heteroatoms. The molecule has 2 rings (SSSR count). The summed E-state index contributed by atoms with van der Waals surface area (Å²) in [5, 5.41) is 3.35. The van der Waals surface area contributed by atoms with Gasteiger partial charge in [-0.15, -0.1) is 0 Å². The van der Waals surface area contributed by atoms with Crippen LogP contribution < -0.4 is 5.32 Å². The van der Waals surface area contributed by atoms with E-state index in [9.17, 15) is 4.79 Å². The molecule has 2 aliphatic rings. The van der Waals surface area contributed by atoms with E-state index in [4.69, 9.17) is 0 Å². The van der Waals surface area contributed by atoms with Crippen molar-refractivity contribution in [2.24, 2.45) is 0 Å². The third-order valence-electron chi connectivity index (χ3n) is 3.28. The number of nitrogens with zero attached hydrogens (tertiary/aromatic N) is 1. The van der Waals surface area contributed by atoms with E-state index in [0.717, 1.165) is 31.7 Å². The van der Waals surface area contributed by atoms with Crippen LogP contribution in [-0.4, -0.2) is 41.1 Å². The molecule has 0 radical (unpaired) electrons. The van der Waals surface area contributed by atoms with Crippen LogP contribution in [0, 0.1) is 0 Å². The third kappa shape index (κ3) is 1.54. The molecule has 1 unspecified atom stereocenters. The van der Waals surface area contributed by atoms with E-state index in [1.807, 2.05) is 16.7 Å². The number of nitrogens with one attached hydrogen (secondary N) is 1. The van der Waals surface area contributed by atoms with Crippen LogP contribution in [0.3, 0.4) is 0 Å². The second-order valence-corrected chi connectivity index (χ2v) is 5.12.